The quantitative estimate of drug-likeness (QED) is 0.383. The van der Waals surface area contributed by atoms with Gasteiger partial charge in [0, 0.05) is 61.7 Å². The van der Waals surface area contributed by atoms with Gasteiger partial charge in [-0.05, 0) is 30.3 Å². The predicted molar refractivity (Wildman–Crippen MR) is 130 cm³/mol. The summed E-state index contributed by atoms with van der Waals surface area (Å²) >= 11 is 1.37. The van der Waals surface area contributed by atoms with E-state index in [1.807, 2.05) is 49.0 Å². The number of thioether (sulfide) groups is 1. The van der Waals surface area contributed by atoms with Crippen LogP contribution in [0.2, 0.25) is 0 Å². The predicted octanol–water partition coefficient (Wildman–Crippen LogP) is 4.73. The molecule has 0 saturated heterocycles. The van der Waals surface area contributed by atoms with Gasteiger partial charge in [-0.3, -0.25) is 9.59 Å². The summed E-state index contributed by atoms with van der Waals surface area (Å²) in [5, 5.41) is 4.68. The number of benzene rings is 2. The van der Waals surface area contributed by atoms with Gasteiger partial charge in [-0.15, -0.1) is 0 Å². The molecule has 8 heteroatoms. The lowest BCUT2D eigenvalue weighted by molar-refractivity contribution is -0.113. The molecule has 0 fully saturated rings. The van der Waals surface area contributed by atoms with E-state index in [0.29, 0.717) is 17.8 Å². The minimum atomic E-state index is -0.127. The minimum Gasteiger partial charge on any atom is -0.461 e. The fraction of sp³-hybridized carbons (Fsp3) is 0.240. The summed E-state index contributed by atoms with van der Waals surface area (Å²) in [4.78, 5) is 31.1. The number of amides is 2. The van der Waals surface area contributed by atoms with Gasteiger partial charge in [-0.25, -0.2) is 4.98 Å². The molecule has 0 atom stereocenters. The molecule has 0 spiro atoms. The number of aromatic nitrogens is 2. The Balaban J connectivity index is 1.38. The molecule has 33 heavy (non-hydrogen) atoms. The van der Waals surface area contributed by atoms with Crippen molar-refractivity contribution in [2.75, 3.05) is 18.1 Å². The van der Waals surface area contributed by atoms with Gasteiger partial charge in [0.25, 0.3) is 5.91 Å². The molecular formula is C25H26N4O3S. The number of hydrogen-bond donors (Lipinski definition) is 1. The Morgan fingerprint density at radius 2 is 1.91 bits per heavy atom. The maximum absolute atomic E-state index is 13.0. The molecule has 0 saturated carbocycles. The van der Waals surface area contributed by atoms with Crippen LogP contribution in [0, 0.1) is 0 Å². The topological polar surface area (TPSA) is 80.4 Å². The van der Waals surface area contributed by atoms with Crippen LogP contribution in [0.5, 0.6) is 0 Å². The number of aryl methyl sites for hydroxylation is 2. The normalized spacial score (nSPS) is 11.0. The highest BCUT2D eigenvalue weighted by Crippen LogP contribution is 2.27. The summed E-state index contributed by atoms with van der Waals surface area (Å²) in [5.41, 5.74) is 3.09. The number of carbonyl (C=O) groups excluding carboxylic acids is 2. The van der Waals surface area contributed by atoms with E-state index >= 15 is 0 Å². The summed E-state index contributed by atoms with van der Waals surface area (Å²) in [6.45, 7) is 2.51. The summed E-state index contributed by atoms with van der Waals surface area (Å²) in [7, 11) is 3.67. The van der Waals surface area contributed by atoms with Crippen LogP contribution in [0.15, 0.2) is 70.5 Å². The second kappa shape index (κ2) is 9.95. The number of nitrogens with one attached hydrogen (secondary N) is 1. The Hall–Kier alpha value is -3.52. The number of fused-ring (bicyclic) bond motifs is 1. The van der Waals surface area contributed by atoms with E-state index in [4.69, 9.17) is 4.42 Å². The lowest BCUT2D eigenvalue weighted by Crippen LogP contribution is -2.26. The summed E-state index contributed by atoms with van der Waals surface area (Å²) in [6.07, 6.45) is 4.30. The average molecular weight is 463 g/mol. The fourth-order valence-electron chi connectivity index (χ4n) is 3.65. The van der Waals surface area contributed by atoms with Crippen LogP contribution in [0.3, 0.4) is 0 Å². The molecule has 2 aromatic carbocycles. The number of carbonyl (C=O) groups is 2. The molecule has 0 bridgehead atoms. The highest BCUT2D eigenvalue weighted by molar-refractivity contribution is 7.99. The lowest BCUT2D eigenvalue weighted by Gasteiger charge is -2.18. The van der Waals surface area contributed by atoms with Crippen LogP contribution in [0.25, 0.3) is 11.0 Å². The number of imidazole rings is 1. The van der Waals surface area contributed by atoms with Gasteiger partial charge in [0.2, 0.25) is 5.91 Å². The molecule has 2 aromatic heterocycles. The van der Waals surface area contributed by atoms with Crippen molar-refractivity contribution >= 4 is 40.2 Å². The third-order valence-electron chi connectivity index (χ3n) is 5.37. The summed E-state index contributed by atoms with van der Waals surface area (Å²) in [6, 6.07) is 14.8. The van der Waals surface area contributed by atoms with Gasteiger partial charge in [0.1, 0.15) is 11.3 Å². The average Bonchev–Trinajstić information content (AvgIpc) is 3.40. The van der Waals surface area contributed by atoms with Crippen LogP contribution in [0.1, 0.15) is 28.6 Å². The van der Waals surface area contributed by atoms with E-state index in [-0.39, 0.29) is 17.6 Å². The second-order valence-electron chi connectivity index (χ2n) is 7.75. The first-order chi connectivity index (χ1) is 16.0. The molecule has 4 aromatic rings. The highest BCUT2D eigenvalue weighted by atomic mass is 32.2. The van der Waals surface area contributed by atoms with E-state index in [1.54, 1.807) is 42.4 Å². The molecule has 0 unspecified atom stereocenters. The van der Waals surface area contributed by atoms with E-state index in [1.165, 1.54) is 11.8 Å². The maximum atomic E-state index is 13.0. The van der Waals surface area contributed by atoms with Gasteiger partial charge in [0.05, 0.1) is 5.75 Å². The van der Waals surface area contributed by atoms with Crippen LogP contribution < -0.4 is 5.32 Å². The molecular weight excluding hydrogens is 436 g/mol. The number of nitrogens with zero attached hydrogens (tertiary/aromatic N) is 3. The molecule has 1 N–H and O–H groups in total. The molecule has 0 aliphatic heterocycles. The molecule has 0 aliphatic rings. The Labute approximate surface area is 196 Å². The van der Waals surface area contributed by atoms with E-state index in [2.05, 4.69) is 10.3 Å². The lowest BCUT2D eigenvalue weighted by atomic mass is 10.1. The Kier molecular flexibility index (Phi) is 6.84. The SMILES string of the molecule is CCc1oc2ccccc2c1CN(C)C(=O)c1ccc(NC(=O)CSc2nccn2C)cc1. The highest BCUT2D eigenvalue weighted by Gasteiger charge is 2.18. The van der Waals surface area contributed by atoms with Crippen molar-refractivity contribution in [3.63, 3.8) is 0 Å². The summed E-state index contributed by atoms with van der Waals surface area (Å²) < 4.78 is 7.82. The largest absolute Gasteiger partial charge is 0.461 e. The monoisotopic (exact) mass is 462 g/mol. The fourth-order valence-corrected chi connectivity index (χ4v) is 4.38. The van der Waals surface area contributed by atoms with E-state index in [0.717, 1.165) is 33.9 Å². The van der Waals surface area contributed by atoms with Crippen molar-refractivity contribution in [2.45, 2.75) is 25.0 Å². The van der Waals surface area contributed by atoms with Crippen LogP contribution in [-0.4, -0.2) is 39.1 Å². The van der Waals surface area contributed by atoms with Crippen molar-refractivity contribution in [1.29, 1.82) is 0 Å². The van der Waals surface area contributed by atoms with Crippen molar-refractivity contribution in [2.24, 2.45) is 7.05 Å². The number of anilines is 1. The van der Waals surface area contributed by atoms with E-state index < -0.39 is 0 Å². The van der Waals surface area contributed by atoms with Gasteiger partial charge < -0.3 is 19.2 Å². The Bertz CT molecular complexity index is 1280. The summed E-state index contributed by atoms with van der Waals surface area (Å²) in [5.74, 6) is 0.938. The van der Waals surface area contributed by atoms with Crippen LogP contribution in [-0.2, 0) is 24.8 Å². The van der Waals surface area contributed by atoms with Gasteiger partial charge in [-0.1, -0.05) is 36.9 Å². The van der Waals surface area contributed by atoms with Crippen molar-refractivity contribution in [1.82, 2.24) is 14.5 Å². The third-order valence-corrected chi connectivity index (χ3v) is 6.43. The number of para-hydroxylation sites is 1. The Morgan fingerprint density at radius 1 is 1.15 bits per heavy atom. The van der Waals surface area contributed by atoms with Gasteiger partial charge in [-0.2, -0.15) is 0 Å². The zero-order chi connectivity index (χ0) is 23.4. The van der Waals surface area contributed by atoms with Crippen LogP contribution >= 0.6 is 11.8 Å². The van der Waals surface area contributed by atoms with Crippen molar-refractivity contribution in [3.05, 3.63) is 77.8 Å². The zero-order valence-corrected chi connectivity index (χ0v) is 19.7. The number of hydrogen-bond acceptors (Lipinski definition) is 5. The third kappa shape index (κ3) is 5.12. The van der Waals surface area contributed by atoms with Crippen molar-refractivity contribution < 1.29 is 14.0 Å². The molecule has 2 heterocycles. The zero-order valence-electron chi connectivity index (χ0n) is 18.9. The van der Waals surface area contributed by atoms with Crippen molar-refractivity contribution in [3.8, 4) is 0 Å². The van der Waals surface area contributed by atoms with E-state index in [9.17, 15) is 9.59 Å². The first-order valence-electron chi connectivity index (χ1n) is 10.7. The maximum Gasteiger partial charge on any atom is 0.253 e. The first-order valence-corrected chi connectivity index (χ1v) is 11.7. The molecule has 0 radical (unpaired) electrons. The van der Waals surface area contributed by atoms with Gasteiger partial charge >= 0.3 is 0 Å². The second-order valence-corrected chi connectivity index (χ2v) is 8.69. The van der Waals surface area contributed by atoms with Gasteiger partial charge in [0.15, 0.2) is 5.16 Å². The minimum absolute atomic E-state index is 0.0921. The first kappa shape index (κ1) is 22.7. The standard InChI is InChI=1S/C25H26N4O3S/c1-4-21-20(19-7-5-6-8-22(19)32-21)15-29(3)24(31)17-9-11-18(12-10-17)27-23(30)16-33-25-26-13-14-28(25)2/h5-14H,4,15-16H2,1-3H3,(H,27,30). The molecule has 4 rings (SSSR count). The number of furan rings is 1. The van der Waals surface area contributed by atoms with Crippen LogP contribution in [0.4, 0.5) is 5.69 Å². The molecule has 170 valence electrons. The Morgan fingerprint density at radius 3 is 2.61 bits per heavy atom. The number of rotatable bonds is 8. The molecule has 0 aliphatic carbocycles. The molecule has 2 amide bonds. The smallest absolute Gasteiger partial charge is 0.253 e. The molecule has 7 nitrogen and oxygen atoms in total.